The molecule has 0 rings (SSSR count). The minimum atomic E-state index is -4.69. The predicted octanol–water partition coefficient (Wildman–Crippen LogP) is 7.49. The zero-order valence-corrected chi connectivity index (χ0v) is 28.8. The van der Waals surface area contributed by atoms with E-state index in [1.54, 1.807) is 6.92 Å². The van der Waals surface area contributed by atoms with Crippen LogP contribution in [0.5, 0.6) is 0 Å². The van der Waals surface area contributed by atoms with Gasteiger partial charge in [-0.25, -0.2) is 4.57 Å². The molecule has 4 N–H and O–H groups in total. The summed E-state index contributed by atoms with van der Waals surface area (Å²) < 4.78 is 31.8. The first-order chi connectivity index (χ1) is 22.1. The number of esters is 2. The second-order valence-corrected chi connectivity index (χ2v) is 12.4. The molecule has 0 aromatic carbocycles. The number of hydrogen-bond donors (Lipinski definition) is 3. The minimum Gasteiger partial charge on any atom is -0.480 e. The van der Waals surface area contributed by atoms with Gasteiger partial charge in [-0.3, -0.25) is 23.4 Å². The molecule has 0 fully saturated rings. The molecule has 0 saturated carbocycles. The number of allylic oxidation sites excluding steroid dienone is 8. The van der Waals surface area contributed by atoms with E-state index in [0.717, 1.165) is 57.8 Å². The van der Waals surface area contributed by atoms with E-state index in [0.29, 0.717) is 12.8 Å². The Hall–Kier alpha value is -2.56. The smallest absolute Gasteiger partial charge is 0.472 e. The Morgan fingerprint density at radius 1 is 0.696 bits per heavy atom. The van der Waals surface area contributed by atoms with Crippen molar-refractivity contribution in [2.45, 2.75) is 129 Å². The highest BCUT2D eigenvalue weighted by Gasteiger charge is 2.28. The number of carbonyl (C=O) groups is 3. The lowest BCUT2D eigenvalue weighted by molar-refractivity contribution is -0.161. The minimum absolute atomic E-state index is 0.148. The van der Waals surface area contributed by atoms with Gasteiger partial charge < -0.3 is 25.2 Å². The lowest BCUT2D eigenvalue weighted by Crippen LogP contribution is -2.34. The van der Waals surface area contributed by atoms with Crippen molar-refractivity contribution in [3.05, 3.63) is 48.6 Å². The maximum Gasteiger partial charge on any atom is 0.472 e. The van der Waals surface area contributed by atoms with Crippen LogP contribution in [-0.4, -0.2) is 59.9 Å². The van der Waals surface area contributed by atoms with Crippen molar-refractivity contribution in [3.8, 4) is 0 Å². The second kappa shape index (κ2) is 29.8. The first kappa shape index (κ1) is 43.4. The molecule has 0 aliphatic carbocycles. The summed E-state index contributed by atoms with van der Waals surface area (Å²) in [6.45, 7) is 2.23. The molecule has 264 valence electrons. The van der Waals surface area contributed by atoms with Crippen molar-refractivity contribution in [2.75, 3.05) is 19.8 Å². The molecule has 0 saturated heterocycles. The number of rotatable bonds is 30. The van der Waals surface area contributed by atoms with Crippen molar-refractivity contribution in [3.63, 3.8) is 0 Å². The molecular formula is C34H58NO10P. The molecule has 0 aromatic heterocycles. The normalized spacial score (nSPS) is 14.7. The summed E-state index contributed by atoms with van der Waals surface area (Å²) in [5, 5.41) is 8.77. The predicted molar refractivity (Wildman–Crippen MR) is 180 cm³/mol. The quantitative estimate of drug-likeness (QED) is 0.0299. The SMILES string of the molecule is CC/C=C\C/C=C\C/C=C\C/C=C\CCCCCCCCCCC(=O)OC(COC(=O)CCC)COP(=O)(O)OCC(N)C(=O)O. The van der Waals surface area contributed by atoms with Crippen molar-refractivity contribution in [1.29, 1.82) is 0 Å². The highest BCUT2D eigenvalue weighted by atomic mass is 31.2. The van der Waals surface area contributed by atoms with E-state index in [4.69, 9.17) is 24.8 Å². The number of phosphoric acid groups is 1. The lowest BCUT2D eigenvalue weighted by Gasteiger charge is -2.20. The molecule has 0 radical (unpaired) electrons. The van der Waals surface area contributed by atoms with Gasteiger partial charge in [0.05, 0.1) is 13.2 Å². The molecule has 0 aliphatic heterocycles. The Labute approximate surface area is 275 Å². The number of carboxylic acid groups (broad SMARTS) is 1. The molecule has 0 spiro atoms. The summed E-state index contributed by atoms with van der Waals surface area (Å²) >= 11 is 0. The summed E-state index contributed by atoms with van der Waals surface area (Å²) in [5.41, 5.74) is 5.26. The molecule has 0 heterocycles. The maximum absolute atomic E-state index is 12.4. The van der Waals surface area contributed by atoms with Gasteiger partial charge in [0.2, 0.25) is 0 Å². The molecule has 0 aliphatic rings. The van der Waals surface area contributed by atoms with E-state index in [1.807, 2.05) is 0 Å². The molecule has 3 unspecified atom stereocenters. The van der Waals surface area contributed by atoms with Crippen LogP contribution in [0.1, 0.15) is 117 Å². The Balaban J connectivity index is 4.09. The van der Waals surface area contributed by atoms with Gasteiger partial charge in [-0.2, -0.15) is 0 Å². The van der Waals surface area contributed by atoms with Crippen LogP contribution in [0.25, 0.3) is 0 Å². The number of phosphoric ester groups is 1. The van der Waals surface area contributed by atoms with Gasteiger partial charge in [0.15, 0.2) is 6.10 Å². The van der Waals surface area contributed by atoms with Crippen LogP contribution in [0.4, 0.5) is 0 Å². The Morgan fingerprint density at radius 2 is 1.22 bits per heavy atom. The monoisotopic (exact) mass is 671 g/mol. The number of hydrogen-bond acceptors (Lipinski definition) is 9. The van der Waals surface area contributed by atoms with Gasteiger partial charge in [0, 0.05) is 12.8 Å². The molecule has 12 heteroatoms. The zero-order chi connectivity index (χ0) is 34.3. The molecule has 3 atom stereocenters. The first-order valence-electron chi connectivity index (χ1n) is 16.7. The number of unbranched alkanes of at least 4 members (excludes halogenated alkanes) is 8. The van der Waals surface area contributed by atoms with Gasteiger partial charge in [0.25, 0.3) is 0 Å². The summed E-state index contributed by atoms with van der Waals surface area (Å²) in [7, 11) is -4.69. The van der Waals surface area contributed by atoms with Crippen molar-refractivity contribution in [1.82, 2.24) is 0 Å². The van der Waals surface area contributed by atoms with E-state index in [1.165, 1.54) is 19.3 Å². The summed E-state index contributed by atoms with van der Waals surface area (Å²) in [6, 6.07) is -1.52. The molecule has 46 heavy (non-hydrogen) atoms. The zero-order valence-electron chi connectivity index (χ0n) is 27.9. The average Bonchev–Trinajstić information content (AvgIpc) is 3.02. The number of carbonyl (C=O) groups excluding carboxylic acids is 2. The van der Waals surface area contributed by atoms with Crippen molar-refractivity contribution >= 4 is 25.7 Å². The lowest BCUT2D eigenvalue weighted by atomic mass is 10.1. The molecule has 11 nitrogen and oxygen atoms in total. The average molecular weight is 672 g/mol. The number of nitrogens with two attached hydrogens (primary N) is 1. The van der Waals surface area contributed by atoms with Crippen molar-refractivity contribution in [2.24, 2.45) is 5.73 Å². The fraction of sp³-hybridized carbons (Fsp3) is 0.676. The van der Waals surface area contributed by atoms with Gasteiger partial charge in [-0.05, 0) is 51.4 Å². The number of aliphatic carboxylic acids is 1. The third-order valence-corrected chi connectivity index (χ3v) is 7.51. The maximum atomic E-state index is 12.4. The molecule has 0 amide bonds. The second-order valence-electron chi connectivity index (χ2n) is 10.9. The summed E-state index contributed by atoms with van der Waals surface area (Å²) in [6.07, 6.45) is 30.9. The van der Waals surface area contributed by atoms with Crippen LogP contribution in [0.15, 0.2) is 48.6 Å². The third-order valence-electron chi connectivity index (χ3n) is 6.56. The van der Waals surface area contributed by atoms with Crippen LogP contribution in [-0.2, 0) is 37.5 Å². The molecule has 0 bridgehead atoms. The van der Waals surface area contributed by atoms with E-state index >= 15 is 0 Å². The number of carboxylic acids is 1. The van der Waals surface area contributed by atoms with Gasteiger partial charge in [-0.15, -0.1) is 0 Å². The summed E-state index contributed by atoms with van der Waals surface area (Å²) in [5.74, 6) is -2.46. The first-order valence-corrected chi connectivity index (χ1v) is 18.2. The topological polar surface area (TPSA) is 172 Å². The van der Waals surface area contributed by atoms with E-state index in [-0.39, 0.29) is 19.4 Å². The number of ether oxygens (including phenoxy) is 2. The van der Waals surface area contributed by atoms with Gasteiger partial charge >= 0.3 is 25.7 Å². The van der Waals surface area contributed by atoms with Crippen LogP contribution >= 0.6 is 7.82 Å². The molecular weight excluding hydrogens is 613 g/mol. The highest BCUT2D eigenvalue weighted by molar-refractivity contribution is 7.47. The van der Waals surface area contributed by atoms with Crippen LogP contribution in [0, 0.1) is 0 Å². The fourth-order valence-electron chi connectivity index (χ4n) is 3.97. The fourth-order valence-corrected chi connectivity index (χ4v) is 4.75. The highest BCUT2D eigenvalue weighted by Crippen LogP contribution is 2.43. The third kappa shape index (κ3) is 28.9. The van der Waals surface area contributed by atoms with E-state index in [2.05, 4.69) is 60.1 Å². The Kier molecular flexibility index (Phi) is 28.2. The Bertz CT molecular complexity index is 979. The van der Waals surface area contributed by atoms with E-state index in [9.17, 15) is 23.8 Å². The van der Waals surface area contributed by atoms with Crippen LogP contribution in [0.3, 0.4) is 0 Å². The van der Waals surface area contributed by atoms with Gasteiger partial charge in [-0.1, -0.05) is 101 Å². The van der Waals surface area contributed by atoms with Crippen molar-refractivity contribution < 1.29 is 47.5 Å². The van der Waals surface area contributed by atoms with Crippen LogP contribution < -0.4 is 5.73 Å². The molecule has 0 aromatic rings. The Morgan fingerprint density at radius 3 is 1.78 bits per heavy atom. The largest absolute Gasteiger partial charge is 0.480 e. The van der Waals surface area contributed by atoms with Gasteiger partial charge in [0.1, 0.15) is 12.6 Å². The summed E-state index contributed by atoms with van der Waals surface area (Å²) in [4.78, 5) is 44.6. The van der Waals surface area contributed by atoms with Crippen LogP contribution in [0.2, 0.25) is 0 Å². The standard InChI is InChI=1S/C34H58NO10P/c1-3-5-6-7-8-9-10-11-12-13-14-15-16-17-18-19-20-21-22-23-24-26-33(37)45-30(27-42-32(36)25-4-2)28-43-46(40,41)44-29-31(35)34(38)39/h5-6,8-9,11-12,14-15,30-31H,3-4,7,10,13,16-29,35H2,1-2H3,(H,38,39)(H,40,41)/b6-5-,9-8-,12-11-,15-14-. The van der Waals surface area contributed by atoms with E-state index < -0.39 is 51.1 Å².